The second-order valence-corrected chi connectivity index (χ2v) is 5.07. The molecule has 0 unspecified atom stereocenters. The number of aryl methyl sites for hydroxylation is 1. The predicted molar refractivity (Wildman–Crippen MR) is 69.0 cm³/mol. The van der Waals surface area contributed by atoms with E-state index in [2.05, 4.69) is 35.0 Å². The Bertz CT molecular complexity index is 357. The fourth-order valence-electron chi connectivity index (χ4n) is 2.00. The fraction of sp³-hybridized carbons (Fsp3) is 0.538. The molecule has 16 heavy (non-hydrogen) atoms. The highest BCUT2D eigenvalue weighted by atomic mass is 35.5. The van der Waals surface area contributed by atoms with Gasteiger partial charge in [-0.15, -0.1) is 0 Å². The summed E-state index contributed by atoms with van der Waals surface area (Å²) in [6.45, 7) is 7.71. The molecule has 88 valence electrons. The molecule has 3 heteroatoms. The van der Waals surface area contributed by atoms with Gasteiger partial charge in [0.25, 0.3) is 0 Å². The van der Waals surface area contributed by atoms with E-state index in [-0.39, 0.29) is 0 Å². The number of piperazine rings is 1. The summed E-state index contributed by atoms with van der Waals surface area (Å²) in [6, 6.07) is 6.38. The van der Waals surface area contributed by atoms with Gasteiger partial charge in [-0.1, -0.05) is 23.7 Å². The first kappa shape index (κ1) is 11.9. The molecule has 0 aliphatic carbocycles. The highest BCUT2D eigenvalue weighted by Gasteiger charge is 2.13. The van der Waals surface area contributed by atoms with Gasteiger partial charge in [-0.3, -0.25) is 4.90 Å². The van der Waals surface area contributed by atoms with Gasteiger partial charge in [-0.2, -0.15) is 0 Å². The van der Waals surface area contributed by atoms with Crippen LogP contribution in [0.2, 0.25) is 5.02 Å². The normalized spacial score (nSPS) is 18.9. The van der Waals surface area contributed by atoms with Crippen LogP contribution >= 0.6 is 11.6 Å². The van der Waals surface area contributed by atoms with Crippen molar-refractivity contribution < 1.29 is 0 Å². The molecule has 1 heterocycles. The van der Waals surface area contributed by atoms with Crippen LogP contribution in [-0.2, 0) is 6.54 Å². The van der Waals surface area contributed by atoms with Gasteiger partial charge >= 0.3 is 0 Å². The van der Waals surface area contributed by atoms with Gasteiger partial charge in [0, 0.05) is 37.7 Å². The molecular formula is C13H19ClN2. The van der Waals surface area contributed by atoms with E-state index in [1.54, 1.807) is 0 Å². The van der Waals surface area contributed by atoms with Crippen LogP contribution in [0.25, 0.3) is 0 Å². The van der Waals surface area contributed by atoms with E-state index < -0.39 is 0 Å². The average molecular weight is 239 g/mol. The average Bonchev–Trinajstić information content (AvgIpc) is 2.27. The molecule has 0 saturated carbocycles. The summed E-state index contributed by atoms with van der Waals surface area (Å²) in [5.41, 5.74) is 2.48. The maximum Gasteiger partial charge on any atom is 0.0438 e. The lowest BCUT2D eigenvalue weighted by atomic mass is 10.1. The molecule has 2 rings (SSSR count). The summed E-state index contributed by atoms with van der Waals surface area (Å²) >= 11 is 6.13. The van der Waals surface area contributed by atoms with Crippen LogP contribution in [0.3, 0.4) is 0 Å². The van der Waals surface area contributed by atoms with E-state index in [4.69, 9.17) is 11.6 Å². The number of hydrogen-bond acceptors (Lipinski definition) is 2. The monoisotopic (exact) mass is 238 g/mol. The molecule has 0 atom stereocenters. The number of rotatable bonds is 2. The quantitative estimate of drug-likeness (QED) is 0.781. The number of hydrogen-bond donors (Lipinski definition) is 0. The molecule has 0 amide bonds. The maximum atomic E-state index is 6.13. The minimum absolute atomic E-state index is 0.881. The smallest absolute Gasteiger partial charge is 0.0438 e. The molecule has 1 fully saturated rings. The summed E-state index contributed by atoms with van der Waals surface area (Å²) in [4.78, 5) is 4.86. The molecular weight excluding hydrogens is 220 g/mol. The van der Waals surface area contributed by atoms with Gasteiger partial charge in [-0.25, -0.2) is 0 Å². The Kier molecular flexibility index (Phi) is 3.85. The second kappa shape index (κ2) is 5.17. The van der Waals surface area contributed by atoms with Crippen LogP contribution in [0.1, 0.15) is 11.1 Å². The van der Waals surface area contributed by atoms with Crippen molar-refractivity contribution in [2.24, 2.45) is 0 Å². The molecule has 0 N–H and O–H groups in total. The second-order valence-electron chi connectivity index (χ2n) is 4.66. The molecule has 1 aliphatic heterocycles. The molecule has 0 bridgehead atoms. The Labute approximate surface area is 103 Å². The zero-order valence-electron chi connectivity index (χ0n) is 10.0. The number of likely N-dealkylation sites (N-methyl/N-ethyl adjacent to an activating group) is 1. The first-order valence-electron chi connectivity index (χ1n) is 5.81. The molecule has 0 spiro atoms. The van der Waals surface area contributed by atoms with Gasteiger partial charge in [-0.05, 0) is 31.2 Å². The van der Waals surface area contributed by atoms with Crippen LogP contribution < -0.4 is 0 Å². The van der Waals surface area contributed by atoms with Gasteiger partial charge in [0.1, 0.15) is 0 Å². The zero-order chi connectivity index (χ0) is 11.5. The van der Waals surface area contributed by atoms with E-state index in [1.807, 2.05) is 6.92 Å². The molecule has 2 nitrogen and oxygen atoms in total. The Balaban J connectivity index is 1.96. The van der Waals surface area contributed by atoms with E-state index in [0.29, 0.717) is 0 Å². The van der Waals surface area contributed by atoms with Crippen molar-refractivity contribution in [2.75, 3.05) is 33.2 Å². The molecule has 0 aromatic heterocycles. The third-order valence-corrected chi connectivity index (χ3v) is 3.65. The van der Waals surface area contributed by atoms with E-state index in [9.17, 15) is 0 Å². The Morgan fingerprint density at radius 1 is 1.19 bits per heavy atom. The molecule has 1 aliphatic rings. The minimum Gasteiger partial charge on any atom is -0.304 e. The molecule has 1 saturated heterocycles. The van der Waals surface area contributed by atoms with Crippen LogP contribution in [0.15, 0.2) is 18.2 Å². The third kappa shape index (κ3) is 2.97. The largest absolute Gasteiger partial charge is 0.304 e. The van der Waals surface area contributed by atoms with Gasteiger partial charge in [0.15, 0.2) is 0 Å². The fourth-order valence-corrected chi connectivity index (χ4v) is 2.20. The summed E-state index contributed by atoms with van der Waals surface area (Å²) in [7, 11) is 2.18. The molecule has 1 aromatic rings. The molecule has 1 aromatic carbocycles. The van der Waals surface area contributed by atoms with Crippen molar-refractivity contribution in [3.8, 4) is 0 Å². The summed E-state index contributed by atoms with van der Waals surface area (Å²) < 4.78 is 0. The predicted octanol–water partition coefficient (Wildman–Crippen LogP) is 2.40. The van der Waals surface area contributed by atoms with Crippen LogP contribution in [0.5, 0.6) is 0 Å². The van der Waals surface area contributed by atoms with Crippen molar-refractivity contribution in [3.63, 3.8) is 0 Å². The standard InChI is InChI=1S/C13H19ClN2/c1-11-3-4-12(9-13(11)14)10-16-7-5-15(2)6-8-16/h3-4,9H,5-8,10H2,1-2H3. The highest BCUT2D eigenvalue weighted by molar-refractivity contribution is 6.31. The number of nitrogens with zero attached hydrogens (tertiary/aromatic N) is 2. The Morgan fingerprint density at radius 3 is 2.50 bits per heavy atom. The van der Waals surface area contributed by atoms with Crippen LogP contribution in [0, 0.1) is 6.92 Å². The first-order chi connectivity index (χ1) is 7.65. The lowest BCUT2D eigenvalue weighted by Crippen LogP contribution is -2.43. The van der Waals surface area contributed by atoms with Gasteiger partial charge < -0.3 is 4.90 Å². The Morgan fingerprint density at radius 2 is 1.88 bits per heavy atom. The van der Waals surface area contributed by atoms with E-state index in [1.165, 1.54) is 18.7 Å². The van der Waals surface area contributed by atoms with Crippen molar-refractivity contribution in [2.45, 2.75) is 13.5 Å². The lowest BCUT2D eigenvalue weighted by molar-refractivity contribution is 0.148. The SMILES string of the molecule is Cc1ccc(CN2CCN(C)CC2)cc1Cl. The number of benzene rings is 1. The summed E-state index contributed by atoms with van der Waals surface area (Å²) in [5.74, 6) is 0. The van der Waals surface area contributed by atoms with E-state index >= 15 is 0 Å². The van der Waals surface area contributed by atoms with Gasteiger partial charge in [0.05, 0.1) is 0 Å². The minimum atomic E-state index is 0.881. The summed E-state index contributed by atoms with van der Waals surface area (Å²) in [5, 5.41) is 0.881. The maximum absolute atomic E-state index is 6.13. The Hall–Kier alpha value is -0.570. The highest BCUT2D eigenvalue weighted by Crippen LogP contribution is 2.18. The third-order valence-electron chi connectivity index (χ3n) is 3.24. The van der Waals surface area contributed by atoms with E-state index in [0.717, 1.165) is 30.2 Å². The lowest BCUT2D eigenvalue weighted by Gasteiger charge is -2.32. The topological polar surface area (TPSA) is 6.48 Å². The van der Waals surface area contributed by atoms with Crippen molar-refractivity contribution in [3.05, 3.63) is 34.3 Å². The van der Waals surface area contributed by atoms with Crippen molar-refractivity contribution in [1.82, 2.24) is 9.80 Å². The number of halogens is 1. The van der Waals surface area contributed by atoms with Crippen molar-refractivity contribution in [1.29, 1.82) is 0 Å². The van der Waals surface area contributed by atoms with Crippen molar-refractivity contribution >= 4 is 11.6 Å². The zero-order valence-corrected chi connectivity index (χ0v) is 10.8. The van der Waals surface area contributed by atoms with Crippen LogP contribution in [-0.4, -0.2) is 43.0 Å². The molecule has 0 radical (unpaired) electrons. The first-order valence-corrected chi connectivity index (χ1v) is 6.19. The summed E-state index contributed by atoms with van der Waals surface area (Å²) in [6.07, 6.45) is 0. The van der Waals surface area contributed by atoms with Gasteiger partial charge in [0.2, 0.25) is 0 Å². The van der Waals surface area contributed by atoms with Crippen LogP contribution in [0.4, 0.5) is 0 Å².